The normalized spacial score (nSPS) is 19.6. The van der Waals surface area contributed by atoms with Crippen LogP contribution in [0.1, 0.15) is 44.6 Å². The lowest BCUT2D eigenvalue weighted by molar-refractivity contribution is -0.122. The molecule has 0 spiro atoms. The highest BCUT2D eigenvalue weighted by Crippen LogP contribution is 2.35. The summed E-state index contributed by atoms with van der Waals surface area (Å²) in [4.78, 5) is 11.9. The molecule has 0 aromatic heterocycles. The van der Waals surface area contributed by atoms with Gasteiger partial charge in [0, 0.05) is 12.5 Å². The molecule has 1 heterocycles. The van der Waals surface area contributed by atoms with E-state index in [1.165, 1.54) is 5.56 Å². The highest BCUT2D eigenvalue weighted by Gasteiger charge is 2.23. The number of carbonyl (C=O) groups is 1. The molecular formula is C15H21NO2. The van der Waals surface area contributed by atoms with Gasteiger partial charge in [-0.3, -0.25) is 4.79 Å². The first-order valence-electron chi connectivity index (χ1n) is 6.71. The highest BCUT2D eigenvalue weighted by molar-refractivity contribution is 5.77. The van der Waals surface area contributed by atoms with Crippen LogP contribution in [0.15, 0.2) is 24.3 Å². The second-order valence-corrected chi connectivity index (χ2v) is 4.95. The maximum atomic E-state index is 11.9. The van der Waals surface area contributed by atoms with Crippen molar-refractivity contribution >= 4 is 5.91 Å². The Bertz CT molecular complexity index is 417. The second kappa shape index (κ2) is 5.89. The van der Waals surface area contributed by atoms with Gasteiger partial charge in [-0.05, 0) is 37.3 Å². The van der Waals surface area contributed by atoms with Crippen molar-refractivity contribution < 1.29 is 9.53 Å². The number of hydrogen-bond donors (Lipinski definition) is 1. The minimum Gasteiger partial charge on any atom is -0.493 e. The number of fused-ring (bicyclic) bond motifs is 1. The van der Waals surface area contributed by atoms with E-state index in [2.05, 4.69) is 18.3 Å². The van der Waals surface area contributed by atoms with Gasteiger partial charge in [0.2, 0.25) is 5.91 Å². The fraction of sp³-hybridized carbons (Fsp3) is 0.533. The number of benzene rings is 1. The van der Waals surface area contributed by atoms with E-state index in [0.29, 0.717) is 18.9 Å². The molecule has 2 unspecified atom stereocenters. The topological polar surface area (TPSA) is 38.3 Å². The smallest absolute Gasteiger partial charge is 0.220 e. The number of amides is 1. The standard InChI is InChI=1S/C15H21NO2/c1-3-11(2)16-15(17)10-12-8-9-18-14-7-5-4-6-13(12)14/h4-7,11-12H,3,8-10H2,1-2H3,(H,16,17). The number of carbonyl (C=O) groups excluding carboxylic acids is 1. The Balaban J connectivity index is 2.01. The summed E-state index contributed by atoms with van der Waals surface area (Å²) in [5.41, 5.74) is 1.17. The quantitative estimate of drug-likeness (QED) is 0.888. The molecule has 0 bridgehead atoms. The van der Waals surface area contributed by atoms with Crippen LogP contribution in [0.3, 0.4) is 0 Å². The fourth-order valence-electron chi connectivity index (χ4n) is 2.29. The van der Waals surface area contributed by atoms with Crippen molar-refractivity contribution in [2.24, 2.45) is 0 Å². The van der Waals surface area contributed by atoms with Crippen LogP contribution in [-0.4, -0.2) is 18.6 Å². The van der Waals surface area contributed by atoms with Crippen molar-refractivity contribution in [2.75, 3.05) is 6.61 Å². The third-order valence-electron chi connectivity index (χ3n) is 3.53. The van der Waals surface area contributed by atoms with E-state index in [1.54, 1.807) is 0 Å². The largest absolute Gasteiger partial charge is 0.493 e. The third kappa shape index (κ3) is 3.03. The van der Waals surface area contributed by atoms with E-state index in [-0.39, 0.29) is 11.9 Å². The molecule has 3 heteroatoms. The van der Waals surface area contributed by atoms with Gasteiger partial charge in [0.25, 0.3) is 0 Å². The minimum atomic E-state index is 0.144. The fourth-order valence-corrected chi connectivity index (χ4v) is 2.29. The van der Waals surface area contributed by atoms with E-state index in [0.717, 1.165) is 18.6 Å². The minimum absolute atomic E-state index is 0.144. The van der Waals surface area contributed by atoms with E-state index in [1.807, 2.05) is 25.1 Å². The van der Waals surface area contributed by atoms with Gasteiger partial charge in [0.15, 0.2) is 0 Å². The first kappa shape index (κ1) is 12.9. The molecule has 1 aromatic carbocycles. The first-order chi connectivity index (χ1) is 8.70. The summed E-state index contributed by atoms with van der Waals surface area (Å²) in [7, 11) is 0. The Kier molecular flexibility index (Phi) is 4.24. The van der Waals surface area contributed by atoms with Gasteiger partial charge < -0.3 is 10.1 Å². The van der Waals surface area contributed by atoms with Crippen LogP contribution in [0, 0.1) is 0 Å². The molecule has 98 valence electrons. The lowest BCUT2D eigenvalue weighted by Crippen LogP contribution is -2.33. The lowest BCUT2D eigenvalue weighted by atomic mass is 9.90. The van der Waals surface area contributed by atoms with Crippen molar-refractivity contribution in [3.05, 3.63) is 29.8 Å². The SMILES string of the molecule is CCC(C)NC(=O)CC1CCOc2ccccc21. The van der Waals surface area contributed by atoms with Crippen LogP contribution >= 0.6 is 0 Å². The molecule has 2 atom stereocenters. The zero-order valence-electron chi connectivity index (χ0n) is 11.1. The van der Waals surface area contributed by atoms with Gasteiger partial charge >= 0.3 is 0 Å². The predicted octanol–water partition coefficient (Wildman–Crippen LogP) is 2.86. The summed E-state index contributed by atoms with van der Waals surface area (Å²) < 4.78 is 5.61. The monoisotopic (exact) mass is 247 g/mol. The zero-order chi connectivity index (χ0) is 13.0. The Hall–Kier alpha value is -1.51. The highest BCUT2D eigenvalue weighted by atomic mass is 16.5. The van der Waals surface area contributed by atoms with Gasteiger partial charge in [-0.2, -0.15) is 0 Å². The van der Waals surface area contributed by atoms with Gasteiger partial charge in [-0.25, -0.2) is 0 Å². The Morgan fingerprint density at radius 2 is 2.28 bits per heavy atom. The average Bonchev–Trinajstić information content (AvgIpc) is 2.39. The molecule has 0 radical (unpaired) electrons. The molecule has 0 fully saturated rings. The number of nitrogens with one attached hydrogen (secondary N) is 1. The van der Waals surface area contributed by atoms with E-state index < -0.39 is 0 Å². The molecule has 1 aromatic rings. The summed E-state index contributed by atoms with van der Waals surface area (Å²) in [5.74, 6) is 1.37. The van der Waals surface area contributed by atoms with Gasteiger partial charge in [0.1, 0.15) is 5.75 Å². The van der Waals surface area contributed by atoms with Crippen LogP contribution in [-0.2, 0) is 4.79 Å². The predicted molar refractivity (Wildman–Crippen MR) is 71.8 cm³/mol. The number of ether oxygens (including phenoxy) is 1. The van der Waals surface area contributed by atoms with Crippen molar-refractivity contribution in [2.45, 2.75) is 45.1 Å². The number of hydrogen-bond acceptors (Lipinski definition) is 2. The van der Waals surface area contributed by atoms with E-state index >= 15 is 0 Å². The summed E-state index contributed by atoms with van der Waals surface area (Å²) in [6.07, 6.45) is 2.45. The summed E-state index contributed by atoms with van der Waals surface area (Å²) in [5, 5.41) is 3.03. The molecular weight excluding hydrogens is 226 g/mol. The molecule has 0 saturated carbocycles. The molecule has 1 aliphatic rings. The van der Waals surface area contributed by atoms with Crippen LogP contribution in [0.4, 0.5) is 0 Å². The molecule has 0 aliphatic carbocycles. The van der Waals surface area contributed by atoms with Crippen LogP contribution in [0.5, 0.6) is 5.75 Å². The van der Waals surface area contributed by atoms with Crippen molar-refractivity contribution in [3.63, 3.8) is 0 Å². The zero-order valence-corrected chi connectivity index (χ0v) is 11.1. The summed E-state index contributed by atoms with van der Waals surface area (Å²) >= 11 is 0. The Morgan fingerprint density at radius 3 is 3.06 bits per heavy atom. The van der Waals surface area contributed by atoms with Crippen LogP contribution < -0.4 is 10.1 Å². The van der Waals surface area contributed by atoms with Gasteiger partial charge in [-0.1, -0.05) is 25.1 Å². The maximum Gasteiger partial charge on any atom is 0.220 e. The molecule has 3 nitrogen and oxygen atoms in total. The lowest BCUT2D eigenvalue weighted by Gasteiger charge is -2.25. The molecule has 0 saturated heterocycles. The van der Waals surface area contributed by atoms with Crippen molar-refractivity contribution in [1.29, 1.82) is 0 Å². The second-order valence-electron chi connectivity index (χ2n) is 4.95. The van der Waals surface area contributed by atoms with Crippen molar-refractivity contribution in [3.8, 4) is 5.75 Å². The first-order valence-corrected chi connectivity index (χ1v) is 6.71. The molecule has 1 amide bonds. The van der Waals surface area contributed by atoms with E-state index in [9.17, 15) is 4.79 Å². The van der Waals surface area contributed by atoms with Gasteiger partial charge in [0.05, 0.1) is 6.61 Å². The average molecular weight is 247 g/mol. The maximum absolute atomic E-state index is 11.9. The summed E-state index contributed by atoms with van der Waals surface area (Å²) in [6.45, 7) is 4.82. The van der Waals surface area contributed by atoms with Crippen LogP contribution in [0.2, 0.25) is 0 Å². The van der Waals surface area contributed by atoms with Crippen LogP contribution in [0.25, 0.3) is 0 Å². The third-order valence-corrected chi connectivity index (χ3v) is 3.53. The van der Waals surface area contributed by atoms with Gasteiger partial charge in [-0.15, -0.1) is 0 Å². The number of para-hydroxylation sites is 1. The summed E-state index contributed by atoms with van der Waals surface area (Å²) in [6, 6.07) is 8.28. The Labute approximate surface area is 109 Å². The Morgan fingerprint density at radius 1 is 1.50 bits per heavy atom. The molecule has 2 rings (SSSR count). The molecule has 1 N–H and O–H groups in total. The molecule has 1 aliphatic heterocycles. The van der Waals surface area contributed by atoms with Crippen molar-refractivity contribution in [1.82, 2.24) is 5.32 Å². The van der Waals surface area contributed by atoms with E-state index in [4.69, 9.17) is 4.74 Å². The number of rotatable bonds is 4. The molecule has 18 heavy (non-hydrogen) atoms.